The van der Waals surface area contributed by atoms with E-state index in [1.165, 1.54) is 18.2 Å². The van der Waals surface area contributed by atoms with Crippen molar-refractivity contribution in [2.75, 3.05) is 25.2 Å². The van der Waals surface area contributed by atoms with Crippen LogP contribution >= 0.6 is 11.8 Å². The number of likely N-dealkylation sites (tertiary alicyclic amines) is 1. The molecule has 9 nitrogen and oxygen atoms in total. The first kappa shape index (κ1) is 23.2. The molecule has 182 valence electrons. The second-order valence-corrected chi connectivity index (χ2v) is 9.76. The summed E-state index contributed by atoms with van der Waals surface area (Å²) < 4.78 is 10.7. The van der Waals surface area contributed by atoms with Crippen LogP contribution in [0.5, 0.6) is 11.5 Å². The van der Waals surface area contributed by atoms with Crippen LogP contribution in [0.4, 0.5) is 5.69 Å². The molecule has 3 heterocycles. The van der Waals surface area contributed by atoms with Crippen LogP contribution in [0.2, 0.25) is 0 Å². The van der Waals surface area contributed by atoms with Crippen molar-refractivity contribution in [2.24, 2.45) is 4.99 Å². The lowest BCUT2D eigenvalue weighted by molar-refractivity contribution is -0.121. The first-order valence-electron chi connectivity index (χ1n) is 11.7. The smallest absolute Gasteiger partial charge is 0.262 e. The summed E-state index contributed by atoms with van der Waals surface area (Å²) in [4.78, 5) is 43.6. The topological polar surface area (TPSA) is 109 Å². The summed E-state index contributed by atoms with van der Waals surface area (Å²) in [5.41, 5.74) is 1.94. The molecule has 3 aliphatic rings. The molecule has 0 saturated carbocycles. The van der Waals surface area contributed by atoms with Crippen molar-refractivity contribution in [2.45, 2.75) is 37.5 Å². The van der Waals surface area contributed by atoms with Crippen molar-refractivity contribution in [3.05, 3.63) is 53.6 Å². The minimum absolute atomic E-state index is 0.0576. The molecule has 0 spiro atoms. The van der Waals surface area contributed by atoms with Gasteiger partial charge >= 0.3 is 0 Å². The standard InChI is InChI=1S/C25H26N4O5S/c30-22(13-21-24(32)28-25(35-21)29-10-2-1-3-11-29)27-18-7-5-17(6-8-18)23(31)26-14-16-4-9-19-20(12-16)34-15-33-19/h4-9,12,21H,1-3,10-11,13-15H2,(H,26,31)(H,27,30)/t21-/m0/s1. The van der Waals surface area contributed by atoms with Crippen LogP contribution in [-0.2, 0) is 16.1 Å². The number of ether oxygens (including phenoxy) is 2. The van der Waals surface area contributed by atoms with Gasteiger partial charge in [0.1, 0.15) is 5.25 Å². The van der Waals surface area contributed by atoms with Crippen molar-refractivity contribution >= 4 is 40.3 Å². The summed E-state index contributed by atoms with van der Waals surface area (Å²) in [6.07, 6.45) is 3.47. The molecule has 0 radical (unpaired) electrons. The summed E-state index contributed by atoms with van der Waals surface area (Å²) in [6.45, 7) is 2.38. The number of carbonyl (C=O) groups is 3. The molecule has 10 heteroatoms. The Morgan fingerprint density at radius 2 is 1.80 bits per heavy atom. The SMILES string of the molecule is O=C(C[C@@H]1SC(N2CCCCC2)=NC1=O)Nc1ccc(C(=O)NCc2ccc3c(c2)OCO3)cc1. The second kappa shape index (κ2) is 10.4. The zero-order chi connectivity index (χ0) is 24.2. The van der Waals surface area contributed by atoms with Crippen LogP contribution in [0.1, 0.15) is 41.6 Å². The van der Waals surface area contributed by atoms with Crippen LogP contribution < -0.4 is 20.1 Å². The maximum Gasteiger partial charge on any atom is 0.262 e. The molecular weight excluding hydrogens is 468 g/mol. The van der Waals surface area contributed by atoms with E-state index in [0.717, 1.165) is 36.7 Å². The molecule has 2 aromatic rings. The van der Waals surface area contributed by atoms with E-state index in [0.29, 0.717) is 29.3 Å². The lowest BCUT2D eigenvalue weighted by Gasteiger charge is -2.27. The zero-order valence-corrected chi connectivity index (χ0v) is 19.9. The minimum Gasteiger partial charge on any atom is -0.454 e. The number of carbonyl (C=O) groups excluding carboxylic acids is 3. The Morgan fingerprint density at radius 3 is 2.60 bits per heavy atom. The number of benzene rings is 2. The van der Waals surface area contributed by atoms with Crippen LogP contribution in [-0.4, -0.2) is 52.9 Å². The summed E-state index contributed by atoms with van der Waals surface area (Å²) in [7, 11) is 0. The van der Waals surface area contributed by atoms with Gasteiger partial charge in [-0.2, -0.15) is 4.99 Å². The fraction of sp³-hybridized carbons (Fsp3) is 0.360. The molecule has 0 unspecified atom stereocenters. The lowest BCUT2D eigenvalue weighted by atomic mass is 10.1. The molecule has 0 aliphatic carbocycles. The summed E-state index contributed by atoms with van der Waals surface area (Å²) >= 11 is 1.38. The van der Waals surface area contributed by atoms with E-state index in [4.69, 9.17) is 9.47 Å². The first-order valence-corrected chi connectivity index (χ1v) is 12.5. The van der Waals surface area contributed by atoms with Crippen molar-refractivity contribution < 1.29 is 23.9 Å². The highest BCUT2D eigenvalue weighted by Crippen LogP contribution is 2.32. The quantitative estimate of drug-likeness (QED) is 0.635. The average Bonchev–Trinajstić information content (AvgIpc) is 3.49. The molecule has 0 bridgehead atoms. The van der Waals surface area contributed by atoms with Crippen molar-refractivity contribution in [1.82, 2.24) is 10.2 Å². The van der Waals surface area contributed by atoms with E-state index in [1.54, 1.807) is 24.3 Å². The van der Waals surface area contributed by atoms with Gasteiger partial charge < -0.3 is 25.0 Å². The molecule has 35 heavy (non-hydrogen) atoms. The van der Waals surface area contributed by atoms with Gasteiger partial charge in [-0.15, -0.1) is 0 Å². The fourth-order valence-corrected chi connectivity index (χ4v) is 5.27. The van der Waals surface area contributed by atoms with E-state index in [9.17, 15) is 14.4 Å². The van der Waals surface area contributed by atoms with Gasteiger partial charge in [0, 0.05) is 37.3 Å². The summed E-state index contributed by atoms with van der Waals surface area (Å²) in [5.74, 6) is 0.634. The predicted molar refractivity (Wildman–Crippen MR) is 133 cm³/mol. The Morgan fingerprint density at radius 1 is 1.03 bits per heavy atom. The van der Waals surface area contributed by atoms with Crippen molar-refractivity contribution in [1.29, 1.82) is 0 Å². The molecule has 0 aromatic heterocycles. The number of nitrogens with one attached hydrogen (secondary N) is 2. The van der Waals surface area contributed by atoms with Crippen LogP contribution in [0.25, 0.3) is 0 Å². The molecule has 1 saturated heterocycles. The lowest BCUT2D eigenvalue weighted by Crippen LogP contribution is -2.33. The normalized spacial score (nSPS) is 18.9. The maximum absolute atomic E-state index is 12.5. The number of fused-ring (bicyclic) bond motifs is 1. The molecule has 3 amide bonds. The highest BCUT2D eigenvalue weighted by atomic mass is 32.2. The van der Waals surface area contributed by atoms with Gasteiger partial charge in [-0.25, -0.2) is 0 Å². The molecule has 2 aromatic carbocycles. The molecule has 1 fully saturated rings. The van der Waals surface area contributed by atoms with E-state index in [2.05, 4.69) is 20.5 Å². The number of rotatable bonds is 6. The number of thioether (sulfide) groups is 1. The summed E-state index contributed by atoms with van der Waals surface area (Å²) in [5, 5.41) is 5.92. The zero-order valence-electron chi connectivity index (χ0n) is 19.1. The van der Waals surface area contributed by atoms with Crippen molar-refractivity contribution in [3.8, 4) is 11.5 Å². The number of nitrogens with zero attached hydrogens (tertiary/aromatic N) is 2. The Hall–Kier alpha value is -3.53. The number of amidine groups is 1. The molecular formula is C25H26N4O5S. The van der Waals surface area contributed by atoms with Gasteiger partial charge in [-0.3, -0.25) is 14.4 Å². The molecule has 3 aliphatic heterocycles. The number of amides is 3. The van der Waals surface area contributed by atoms with Crippen LogP contribution in [0.15, 0.2) is 47.5 Å². The van der Waals surface area contributed by atoms with Gasteiger partial charge in [0.05, 0.1) is 0 Å². The van der Waals surface area contributed by atoms with Gasteiger partial charge in [-0.05, 0) is 61.2 Å². The van der Waals surface area contributed by atoms with E-state index in [1.807, 2.05) is 18.2 Å². The Labute approximate surface area is 207 Å². The number of piperidine rings is 1. The third kappa shape index (κ3) is 5.59. The third-order valence-corrected chi connectivity index (χ3v) is 7.26. The van der Waals surface area contributed by atoms with Gasteiger partial charge in [-0.1, -0.05) is 17.8 Å². The number of hydrogen-bond donors (Lipinski definition) is 2. The monoisotopic (exact) mass is 494 g/mol. The largest absolute Gasteiger partial charge is 0.454 e. The second-order valence-electron chi connectivity index (χ2n) is 8.59. The van der Waals surface area contributed by atoms with E-state index < -0.39 is 5.25 Å². The van der Waals surface area contributed by atoms with Crippen LogP contribution in [0.3, 0.4) is 0 Å². The minimum atomic E-state index is -0.492. The summed E-state index contributed by atoms with van der Waals surface area (Å²) in [6, 6.07) is 12.2. The Kier molecular flexibility index (Phi) is 6.89. The van der Waals surface area contributed by atoms with Gasteiger partial charge in [0.25, 0.3) is 11.8 Å². The Bertz CT molecular complexity index is 1160. The molecule has 2 N–H and O–H groups in total. The molecule has 5 rings (SSSR count). The van der Waals surface area contributed by atoms with E-state index >= 15 is 0 Å². The van der Waals surface area contributed by atoms with Gasteiger partial charge in [0.2, 0.25) is 12.7 Å². The fourth-order valence-electron chi connectivity index (χ4n) is 4.15. The maximum atomic E-state index is 12.5. The Balaban J connectivity index is 1.09. The van der Waals surface area contributed by atoms with Crippen molar-refractivity contribution in [3.63, 3.8) is 0 Å². The average molecular weight is 495 g/mol. The van der Waals surface area contributed by atoms with Gasteiger partial charge in [0.15, 0.2) is 16.7 Å². The number of anilines is 1. The third-order valence-electron chi connectivity index (χ3n) is 6.05. The first-order chi connectivity index (χ1) is 17.0. The molecule has 1 atom stereocenters. The van der Waals surface area contributed by atoms with Crippen LogP contribution in [0, 0.1) is 0 Å². The predicted octanol–water partition coefficient (Wildman–Crippen LogP) is 3.16. The number of aliphatic imine (C=N–C) groups is 1. The highest BCUT2D eigenvalue weighted by molar-refractivity contribution is 8.15. The van der Waals surface area contributed by atoms with E-state index in [-0.39, 0.29) is 30.9 Å². The highest BCUT2D eigenvalue weighted by Gasteiger charge is 2.33. The number of hydrogen-bond acceptors (Lipinski definition) is 7.